The molecule has 2 aromatic rings. The maximum atomic E-state index is 13.3. The largest absolute Gasteiger partial charge is 0.507 e. The van der Waals surface area contributed by atoms with Gasteiger partial charge in [-0.05, 0) is 61.5 Å². The second-order valence-corrected chi connectivity index (χ2v) is 8.67. The van der Waals surface area contributed by atoms with Crippen LogP contribution in [0.1, 0.15) is 46.8 Å². The summed E-state index contributed by atoms with van der Waals surface area (Å²) in [6, 6.07) is 9.67. The van der Waals surface area contributed by atoms with E-state index in [1.807, 2.05) is 19.1 Å². The Hall–Kier alpha value is -2.09. The van der Waals surface area contributed by atoms with Crippen LogP contribution >= 0.6 is 0 Å². The van der Waals surface area contributed by atoms with Crippen LogP contribution in [0.25, 0.3) is 0 Å². The van der Waals surface area contributed by atoms with Crippen LogP contribution in [0.2, 0.25) is 0 Å². The average molecular weight is 435 g/mol. The number of aromatic hydroxyl groups is 1. The fourth-order valence-electron chi connectivity index (χ4n) is 4.94. The number of rotatable bonds is 4. The zero-order chi connectivity index (χ0) is 22.2. The van der Waals surface area contributed by atoms with Crippen molar-refractivity contribution in [3.63, 3.8) is 0 Å². The summed E-state index contributed by atoms with van der Waals surface area (Å²) in [6.07, 6.45) is -2.29. The number of hydrogen-bond donors (Lipinski definition) is 2. The van der Waals surface area contributed by atoms with Crippen LogP contribution in [0, 0.1) is 12.8 Å². The first kappa shape index (κ1) is 22.1. The van der Waals surface area contributed by atoms with Crippen molar-refractivity contribution in [3.8, 4) is 5.75 Å². The van der Waals surface area contributed by atoms with Crippen LogP contribution in [-0.2, 0) is 23.9 Å². The third-order valence-electron chi connectivity index (χ3n) is 6.70. The van der Waals surface area contributed by atoms with Crippen molar-refractivity contribution in [2.24, 2.45) is 11.7 Å². The van der Waals surface area contributed by atoms with Crippen LogP contribution in [0.15, 0.2) is 36.4 Å². The molecule has 0 aliphatic carbocycles. The Balaban J connectivity index is 1.42. The topological polar surface area (TPSA) is 58.7 Å². The second kappa shape index (κ2) is 8.81. The smallest absolute Gasteiger partial charge is 0.416 e. The highest BCUT2D eigenvalue weighted by Crippen LogP contribution is 2.40. The van der Waals surface area contributed by atoms with E-state index in [0.29, 0.717) is 30.8 Å². The lowest BCUT2D eigenvalue weighted by atomic mass is 9.83. The van der Waals surface area contributed by atoms with Gasteiger partial charge in [-0.3, -0.25) is 4.90 Å². The lowest BCUT2D eigenvalue weighted by Gasteiger charge is -2.40. The number of phenols is 1. The first-order valence-electron chi connectivity index (χ1n) is 10.8. The third-order valence-corrected chi connectivity index (χ3v) is 6.70. The molecule has 2 aromatic carbocycles. The van der Waals surface area contributed by atoms with Gasteiger partial charge < -0.3 is 15.6 Å². The number of piperidine rings is 1. The number of likely N-dealkylation sites (tertiary alicyclic amines) is 1. The van der Waals surface area contributed by atoms with Crippen molar-refractivity contribution in [3.05, 3.63) is 64.2 Å². The molecule has 168 valence electrons. The Kier molecular flexibility index (Phi) is 6.28. The number of hydrogen-bond acceptors (Lipinski definition) is 4. The van der Waals surface area contributed by atoms with Gasteiger partial charge >= 0.3 is 6.18 Å². The van der Waals surface area contributed by atoms with E-state index in [9.17, 15) is 18.3 Å². The number of ether oxygens (including phenoxy) is 1. The highest BCUT2D eigenvalue weighted by molar-refractivity contribution is 5.47. The van der Waals surface area contributed by atoms with Gasteiger partial charge in [-0.2, -0.15) is 13.2 Å². The molecule has 1 saturated heterocycles. The molecule has 0 saturated carbocycles. The van der Waals surface area contributed by atoms with Crippen LogP contribution < -0.4 is 5.73 Å². The summed E-state index contributed by atoms with van der Waals surface area (Å²) < 4.78 is 46.2. The van der Waals surface area contributed by atoms with E-state index in [2.05, 4.69) is 4.90 Å². The number of nitrogens with two attached hydrogens (primary N) is 1. The molecule has 3 N–H and O–H groups in total. The van der Waals surface area contributed by atoms with Crippen LogP contribution in [0.5, 0.6) is 5.75 Å². The molecule has 1 fully saturated rings. The minimum Gasteiger partial charge on any atom is -0.507 e. The van der Waals surface area contributed by atoms with Crippen LogP contribution in [0.3, 0.4) is 0 Å². The molecule has 4 rings (SSSR count). The zero-order valence-electron chi connectivity index (χ0n) is 17.7. The quantitative estimate of drug-likeness (QED) is 0.740. The normalized spacial score (nSPS) is 23.0. The molecule has 2 atom stereocenters. The van der Waals surface area contributed by atoms with Crippen LogP contribution in [-0.4, -0.2) is 35.7 Å². The van der Waals surface area contributed by atoms with Gasteiger partial charge in [0.15, 0.2) is 0 Å². The predicted molar refractivity (Wildman–Crippen MR) is 113 cm³/mol. The summed E-state index contributed by atoms with van der Waals surface area (Å²) in [5, 5.41) is 10.6. The Morgan fingerprint density at radius 1 is 1.13 bits per heavy atom. The van der Waals surface area contributed by atoms with Gasteiger partial charge in [-0.15, -0.1) is 0 Å². The number of benzene rings is 2. The number of phenolic OH excluding ortho intramolecular Hbond substituents is 1. The summed E-state index contributed by atoms with van der Waals surface area (Å²) >= 11 is 0. The summed E-state index contributed by atoms with van der Waals surface area (Å²) in [5.74, 6) is 0.613. The molecule has 0 aromatic heterocycles. The molecule has 2 heterocycles. The molecular weight excluding hydrogens is 405 g/mol. The Morgan fingerprint density at radius 2 is 1.84 bits per heavy atom. The number of aryl methyl sites for hydroxylation is 1. The maximum Gasteiger partial charge on any atom is 0.416 e. The van der Waals surface area contributed by atoms with E-state index >= 15 is 0 Å². The minimum absolute atomic E-state index is 0.0432. The second-order valence-electron chi connectivity index (χ2n) is 8.67. The average Bonchev–Trinajstić information content (AvgIpc) is 2.76. The zero-order valence-corrected chi connectivity index (χ0v) is 17.7. The van der Waals surface area contributed by atoms with E-state index in [4.69, 9.17) is 10.5 Å². The molecule has 0 spiro atoms. The molecule has 0 amide bonds. The van der Waals surface area contributed by atoms with Crippen molar-refractivity contribution in [2.45, 2.75) is 51.1 Å². The first-order chi connectivity index (χ1) is 14.8. The SMILES string of the molecule is Cc1ccc2c(c1O)C[C@@H](C1CCN(Cc3ccccc3C(F)(F)F)CC1)O[C@H]2CN. The van der Waals surface area contributed by atoms with E-state index in [-0.39, 0.29) is 18.1 Å². The van der Waals surface area contributed by atoms with Crippen LogP contribution in [0.4, 0.5) is 13.2 Å². The Labute approximate surface area is 180 Å². The third kappa shape index (κ3) is 4.59. The molecule has 0 bridgehead atoms. The summed E-state index contributed by atoms with van der Waals surface area (Å²) in [7, 11) is 0. The van der Waals surface area contributed by atoms with Gasteiger partial charge in [-0.1, -0.05) is 30.3 Å². The lowest BCUT2D eigenvalue weighted by molar-refractivity contribution is -0.138. The fraction of sp³-hybridized carbons (Fsp3) is 0.500. The predicted octanol–water partition coefficient (Wildman–Crippen LogP) is 4.57. The summed E-state index contributed by atoms with van der Waals surface area (Å²) in [4.78, 5) is 2.08. The molecule has 0 unspecified atom stereocenters. The molecule has 7 heteroatoms. The van der Waals surface area contributed by atoms with Crippen molar-refractivity contribution < 1.29 is 23.0 Å². The van der Waals surface area contributed by atoms with Gasteiger partial charge in [0.25, 0.3) is 0 Å². The molecule has 0 radical (unpaired) electrons. The molecule has 4 nitrogen and oxygen atoms in total. The maximum absolute atomic E-state index is 13.3. The Morgan fingerprint density at radius 3 is 2.52 bits per heavy atom. The van der Waals surface area contributed by atoms with Gasteiger partial charge in [0.1, 0.15) is 5.75 Å². The van der Waals surface area contributed by atoms with Gasteiger partial charge in [0, 0.05) is 25.1 Å². The highest BCUT2D eigenvalue weighted by atomic mass is 19.4. The molecule has 2 aliphatic heterocycles. The minimum atomic E-state index is -4.34. The van der Waals surface area contributed by atoms with Gasteiger partial charge in [-0.25, -0.2) is 0 Å². The van der Waals surface area contributed by atoms with E-state index in [0.717, 1.165) is 48.7 Å². The number of alkyl halides is 3. The summed E-state index contributed by atoms with van der Waals surface area (Å²) in [5.41, 5.74) is 8.44. The molecule has 31 heavy (non-hydrogen) atoms. The fourth-order valence-corrected chi connectivity index (χ4v) is 4.94. The van der Waals surface area contributed by atoms with E-state index < -0.39 is 11.7 Å². The van der Waals surface area contributed by atoms with Crippen molar-refractivity contribution >= 4 is 0 Å². The molecular formula is C24H29F3N2O2. The van der Waals surface area contributed by atoms with Gasteiger partial charge in [0.2, 0.25) is 0 Å². The number of nitrogens with zero attached hydrogens (tertiary/aromatic N) is 1. The molecule has 2 aliphatic rings. The number of halogens is 3. The lowest BCUT2D eigenvalue weighted by Crippen LogP contribution is -2.42. The number of fused-ring (bicyclic) bond motifs is 1. The van der Waals surface area contributed by atoms with Crippen molar-refractivity contribution in [1.29, 1.82) is 0 Å². The summed E-state index contributed by atoms with van der Waals surface area (Å²) in [6.45, 7) is 3.96. The van der Waals surface area contributed by atoms with Gasteiger partial charge in [0.05, 0.1) is 17.8 Å². The Bertz CT molecular complexity index is 924. The van der Waals surface area contributed by atoms with E-state index in [1.54, 1.807) is 12.1 Å². The van der Waals surface area contributed by atoms with Crippen molar-refractivity contribution in [2.75, 3.05) is 19.6 Å². The highest BCUT2D eigenvalue weighted by Gasteiger charge is 2.36. The first-order valence-corrected chi connectivity index (χ1v) is 10.8. The van der Waals surface area contributed by atoms with E-state index in [1.165, 1.54) is 6.07 Å². The monoisotopic (exact) mass is 434 g/mol. The standard InChI is InChI=1S/C24H29F3N2O2/c1-15-6-7-18-19(23(15)30)12-21(31-22(18)13-28)16-8-10-29(11-9-16)14-17-4-2-3-5-20(17)24(25,26)27/h2-7,16,21-22,30H,8-14,28H2,1H3/t21-,22-/m0/s1. The van der Waals surface area contributed by atoms with Crippen molar-refractivity contribution in [1.82, 2.24) is 4.90 Å².